The summed E-state index contributed by atoms with van der Waals surface area (Å²) in [5.41, 5.74) is 6.22. The van der Waals surface area contributed by atoms with Gasteiger partial charge < -0.3 is 4.90 Å². The van der Waals surface area contributed by atoms with Crippen LogP contribution in [0.5, 0.6) is 0 Å². The van der Waals surface area contributed by atoms with Gasteiger partial charge in [0, 0.05) is 17.9 Å². The molecule has 0 aliphatic heterocycles. The van der Waals surface area contributed by atoms with Crippen molar-refractivity contribution in [2.24, 2.45) is 0 Å². The molecule has 0 radical (unpaired) electrons. The predicted octanol–water partition coefficient (Wildman–Crippen LogP) is 3.60. The summed E-state index contributed by atoms with van der Waals surface area (Å²) >= 11 is 0. The van der Waals surface area contributed by atoms with E-state index in [0.717, 1.165) is 0 Å². The fourth-order valence-electron chi connectivity index (χ4n) is 4.11. The molecule has 5 rings (SSSR count). The van der Waals surface area contributed by atoms with Crippen LogP contribution in [0.15, 0.2) is 48.5 Å². The second-order valence-corrected chi connectivity index (χ2v) is 6.05. The van der Waals surface area contributed by atoms with Crippen molar-refractivity contribution in [3.05, 3.63) is 70.8 Å². The Morgan fingerprint density at radius 3 is 1.74 bits per heavy atom. The molecule has 2 aromatic carbocycles. The highest BCUT2D eigenvalue weighted by molar-refractivity contribution is 5.56. The van der Waals surface area contributed by atoms with E-state index in [1.807, 2.05) is 0 Å². The molecule has 3 aliphatic carbocycles. The first kappa shape index (κ1) is 11.2. The van der Waals surface area contributed by atoms with Gasteiger partial charge in [-0.2, -0.15) is 0 Å². The average Bonchev–Trinajstić information content (AvgIpc) is 2.47. The van der Waals surface area contributed by atoms with Crippen LogP contribution in [-0.4, -0.2) is 25.0 Å². The Kier molecular flexibility index (Phi) is 2.33. The molecule has 3 aliphatic rings. The molecule has 0 amide bonds. The molecule has 0 fully saturated rings. The summed E-state index contributed by atoms with van der Waals surface area (Å²) in [6.07, 6.45) is 1.26. The number of hydrogen-bond donors (Lipinski definition) is 0. The van der Waals surface area contributed by atoms with Crippen LogP contribution in [0.3, 0.4) is 0 Å². The van der Waals surface area contributed by atoms with Crippen LogP contribution in [0, 0.1) is 0 Å². The Bertz CT molecular complexity index is 582. The summed E-state index contributed by atoms with van der Waals surface area (Å²) in [7, 11) is 4.44. The van der Waals surface area contributed by atoms with Gasteiger partial charge in [-0.25, -0.2) is 0 Å². The van der Waals surface area contributed by atoms with E-state index in [9.17, 15) is 0 Å². The van der Waals surface area contributed by atoms with E-state index < -0.39 is 0 Å². The van der Waals surface area contributed by atoms with E-state index in [-0.39, 0.29) is 0 Å². The van der Waals surface area contributed by atoms with Crippen molar-refractivity contribution in [1.82, 2.24) is 4.90 Å². The van der Waals surface area contributed by atoms with Crippen LogP contribution in [-0.2, 0) is 0 Å². The minimum Gasteiger partial charge on any atom is -0.305 e. The molecule has 1 heteroatoms. The van der Waals surface area contributed by atoms with E-state index in [4.69, 9.17) is 0 Å². The molecule has 0 N–H and O–H groups in total. The highest BCUT2D eigenvalue weighted by Gasteiger charge is 2.43. The zero-order chi connectivity index (χ0) is 13.0. The lowest BCUT2D eigenvalue weighted by molar-refractivity contribution is 0.223. The third kappa shape index (κ3) is 1.45. The quantitative estimate of drug-likeness (QED) is 0.746. The van der Waals surface area contributed by atoms with Crippen LogP contribution >= 0.6 is 0 Å². The van der Waals surface area contributed by atoms with Crippen molar-refractivity contribution in [1.29, 1.82) is 0 Å². The third-order valence-corrected chi connectivity index (χ3v) is 4.94. The monoisotopic (exact) mass is 249 g/mol. The number of fused-ring (bicyclic) bond motifs is 1. The molecule has 96 valence electrons. The summed E-state index contributed by atoms with van der Waals surface area (Å²) in [5, 5.41) is 0. The Morgan fingerprint density at radius 2 is 1.26 bits per heavy atom. The van der Waals surface area contributed by atoms with Crippen molar-refractivity contribution in [2.45, 2.75) is 24.3 Å². The summed E-state index contributed by atoms with van der Waals surface area (Å²) in [4.78, 5) is 2.41. The first-order valence-electron chi connectivity index (χ1n) is 7.11. The molecule has 0 saturated carbocycles. The van der Waals surface area contributed by atoms with Gasteiger partial charge in [-0.3, -0.25) is 0 Å². The van der Waals surface area contributed by atoms with Crippen molar-refractivity contribution in [2.75, 3.05) is 14.1 Å². The molecule has 0 saturated heterocycles. The number of benzene rings is 2. The summed E-state index contributed by atoms with van der Waals surface area (Å²) in [5.74, 6) is 1.14. The van der Waals surface area contributed by atoms with E-state index in [1.165, 1.54) is 6.42 Å². The molecule has 0 heterocycles. The van der Waals surface area contributed by atoms with Gasteiger partial charge in [0.25, 0.3) is 0 Å². The number of likely N-dealkylation sites (N-methyl/N-ethyl adjacent to an activating group) is 1. The van der Waals surface area contributed by atoms with E-state index in [2.05, 4.69) is 67.5 Å². The lowest BCUT2D eigenvalue weighted by Crippen LogP contribution is -2.43. The summed E-state index contributed by atoms with van der Waals surface area (Å²) in [6.45, 7) is 0. The molecule has 2 bridgehead atoms. The smallest absolute Gasteiger partial charge is 0.0251 e. The fraction of sp³-hybridized carbons (Fsp3) is 0.333. The first-order valence-corrected chi connectivity index (χ1v) is 7.11. The zero-order valence-corrected chi connectivity index (χ0v) is 11.5. The predicted molar refractivity (Wildman–Crippen MR) is 78.7 cm³/mol. The van der Waals surface area contributed by atoms with Crippen LogP contribution < -0.4 is 0 Å². The molecular formula is C18H19N. The molecule has 1 atom stereocenters. The Hall–Kier alpha value is -1.60. The molecule has 1 nitrogen and oxygen atoms in total. The maximum Gasteiger partial charge on any atom is 0.0251 e. The standard InChI is InChI=1S/C18H19N/c1-19(2)17-11-16-12-7-3-5-9-14(12)18(17)15-10-6-4-8-13(15)16/h3-10,16-18H,11H2,1-2H3/t16?,17-,18?/m1/s1. The van der Waals surface area contributed by atoms with Gasteiger partial charge in [0.05, 0.1) is 0 Å². The Labute approximate surface area is 114 Å². The average molecular weight is 249 g/mol. The van der Waals surface area contributed by atoms with E-state index in [0.29, 0.717) is 17.9 Å². The van der Waals surface area contributed by atoms with Gasteiger partial charge in [0.15, 0.2) is 0 Å². The SMILES string of the molecule is CN(C)[C@@H]1CC2c3ccccc3C1c1ccccc12. The number of rotatable bonds is 1. The lowest BCUT2D eigenvalue weighted by atomic mass is 9.61. The van der Waals surface area contributed by atoms with Gasteiger partial charge in [-0.15, -0.1) is 0 Å². The van der Waals surface area contributed by atoms with Crippen molar-refractivity contribution in [3.63, 3.8) is 0 Å². The Morgan fingerprint density at radius 1 is 0.789 bits per heavy atom. The molecule has 0 unspecified atom stereocenters. The van der Waals surface area contributed by atoms with Crippen molar-refractivity contribution >= 4 is 0 Å². The first-order chi connectivity index (χ1) is 9.27. The fourth-order valence-corrected chi connectivity index (χ4v) is 4.11. The maximum atomic E-state index is 2.41. The topological polar surface area (TPSA) is 3.24 Å². The number of hydrogen-bond acceptors (Lipinski definition) is 1. The van der Waals surface area contributed by atoms with Crippen LogP contribution in [0.2, 0.25) is 0 Å². The lowest BCUT2D eigenvalue weighted by Gasteiger charge is -2.47. The summed E-state index contributed by atoms with van der Waals surface area (Å²) < 4.78 is 0. The highest BCUT2D eigenvalue weighted by Crippen LogP contribution is 2.53. The van der Waals surface area contributed by atoms with Gasteiger partial charge >= 0.3 is 0 Å². The largest absolute Gasteiger partial charge is 0.305 e. The van der Waals surface area contributed by atoms with Gasteiger partial charge in [-0.1, -0.05) is 48.5 Å². The van der Waals surface area contributed by atoms with Gasteiger partial charge in [0.1, 0.15) is 0 Å². The second kappa shape index (κ2) is 3.94. The van der Waals surface area contributed by atoms with E-state index >= 15 is 0 Å². The van der Waals surface area contributed by atoms with Crippen LogP contribution in [0.25, 0.3) is 0 Å². The Balaban J connectivity index is 1.98. The van der Waals surface area contributed by atoms with Gasteiger partial charge in [-0.05, 0) is 42.8 Å². The normalized spacial score (nSPS) is 27.2. The maximum absolute atomic E-state index is 2.41. The molecule has 19 heavy (non-hydrogen) atoms. The van der Waals surface area contributed by atoms with Crippen LogP contribution in [0.1, 0.15) is 40.5 Å². The van der Waals surface area contributed by atoms with Crippen molar-refractivity contribution in [3.8, 4) is 0 Å². The van der Waals surface area contributed by atoms with Crippen molar-refractivity contribution < 1.29 is 0 Å². The van der Waals surface area contributed by atoms with E-state index in [1.54, 1.807) is 22.3 Å². The van der Waals surface area contributed by atoms with Crippen LogP contribution in [0.4, 0.5) is 0 Å². The second-order valence-electron chi connectivity index (χ2n) is 6.05. The zero-order valence-electron chi connectivity index (χ0n) is 11.5. The summed E-state index contributed by atoms with van der Waals surface area (Å²) in [6, 6.07) is 18.7. The molecule has 2 aromatic rings. The highest BCUT2D eigenvalue weighted by atomic mass is 15.1. The third-order valence-electron chi connectivity index (χ3n) is 4.94. The molecule has 0 spiro atoms. The van der Waals surface area contributed by atoms with Gasteiger partial charge in [0.2, 0.25) is 0 Å². The minimum absolute atomic E-state index is 0.549. The minimum atomic E-state index is 0.549. The molecule has 0 aromatic heterocycles. The number of nitrogens with zero attached hydrogens (tertiary/aromatic N) is 1. The molecular weight excluding hydrogens is 230 g/mol.